The number of amides is 1. The Hall–Kier alpha value is -1.68. The number of carbonyl (C=O) groups excluding carboxylic acids is 2. The number of thioether (sulfide) groups is 1. The van der Waals surface area contributed by atoms with Crippen LogP contribution in [0.15, 0.2) is 5.16 Å². The Bertz CT molecular complexity index is 850. The van der Waals surface area contributed by atoms with Crippen LogP contribution in [-0.4, -0.2) is 72.1 Å². The molecule has 1 aliphatic rings. The van der Waals surface area contributed by atoms with Crippen molar-refractivity contribution in [3.8, 4) is 0 Å². The number of rotatable bonds is 10. The number of ether oxygens (including phenoxy) is 1. The van der Waals surface area contributed by atoms with Crippen LogP contribution < -0.4 is 0 Å². The maximum absolute atomic E-state index is 12.6. The van der Waals surface area contributed by atoms with Crippen LogP contribution >= 0.6 is 11.8 Å². The zero-order valence-corrected chi connectivity index (χ0v) is 19.8. The highest BCUT2D eigenvalue weighted by molar-refractivity contribution is 7.98. The first kappa shape index (κ1) is 24.6. The summed E-state index contributed by atoms with van der Waals surface area (Å²) in [5, 5.41) is 0.697. The van der Waals surface area contributed by atoms with Gasteiger partial charge in [0.25, 0.3) is 5.91 Å². The highest BCUT2D eigenvalue weighted by atomic mass is 32.2. The molecule has 0 N–H and O–H groups in total. The van der Waals surface area contributed by atoms with Crippen molar-refractivity contribution in [1.82, 2.24) is 14.9 Å². The molecule has 8 nitrogen and oxygen atoms in total. The van der Waals surface area contributed by atoms with E-state index in [-0.39, 0.29) is 36.5 Å². The summed E-state index contributed by atoms with van der Waals surface area (Å²) >= 11 is 1.47. The minimum Gasteiger partial charge on any atom is -0.456 e. The minimum absolute atomic E-state index is 0.0129. The van der Waals surface area contributed by atoms with Gasteiger partial charge >= 0.3 is 5.97 Å². The number of carbonyl (C=O) groups is 2. The Morgan fingerprint density at radius 3 is 2.43 bits per heavy atom. The van der Waals surface area contributed by atoms with Gasteiger partial charge in [-0.15, -0.1) is 0 Å². The lowest BCUT2D eigenvalue weighted by molar-refractivity contribution is -0.152. The van der Waals surface area contributed by atoms with E-state index in [1.54, 1.807) is 4.90 Å². The van der Waals surface area contributed by atoms with Crippen molar-refractivity contribution < 1.29 is 22.7 Å². The van der Waals surface area contributed by atoms with E-state index in [2.05, 4.69) is 9.97 Å². The molecule has 30 heavy (non-hydrogen) atoms. The predicted octanol–water partition coefficient (Wildman–Crippen LogP) is 2.11. The number of nitrogens with zero attached hydrogens (tertiary/aromatic N) is 3. The standard InChI is InChI=1S/C20H31N3O5S2/c1-5-6-10-23(16-9-11-30(26,27)13-16)18(24)12-28-19(25)8-7-17-14(2)21-20(29-4)22-15(17)3/h16H,5-13H2,1-4H3. The summed E-state index contributed by atoms with van der Waals surface area (Å²) in [6.07, 6.45) is 4.59. The Kier molecular flexibility index (Phi) is 9.09. The van der Waals surface area contributed by atoms with Gasteiger partial charge in [-0.05, 0) is 44.9 Å². The van der Waals surface area contributed by atoms with Crippen molar-refractivity contribution in [1.29, 1.82) is 0 Å². The number of aryl methyl sites for hydroxylation is 2. The topological polar surface area (TPSA) is 107 Å². The lowest BCUT2D eigenvalue weighted by Gasteiger charge is -2.28. The van der Waals surface area contributed by atoms with E-state index in [4.69, 9.17) is 4.74 Å². The molecule has 0 bridgehead atoms. The van der Waals surface area contributed by atoms with Crippen LogP contribution in [0.4, 0.5) is 0 Å². The number of unbranched alkanes of at least 4 members (excludes halogenated alkanes) is 1. The van der Waals surface area contributed by atoms with Gasteiger partial charge < -0.3 is 9.64 Å². The fourth-order valence-electron chi connectivity index (χ4n) is 3.55. The monoisotopic (exact) mass is 457 g/mol. The molecule has 0 radical (unpaired) electrons. The average molecular weight is 458 g/mol. The lowest BCUT2D eigenvalue weighted by Crippen LogP contribution is -2.43. The molecule has 1 aromatic rings. The van der Waals surface area contributed by atoms with Crippen molar-refractivity contribution in [2.45, 2.75) is 64.1 Å². The number of hydrogen-bond acceptors (Lipinski definition) is 8. The Morgan fingerprint density at radius 1 is 1.23 bits per heavy atom. The van der Waals surface area contributed by atoms with Gasteiger partial charge in [0.1, 0.15) is 0 Å². The number of hydrogen-bond donors (Lipinski definition) is 0. The molecular formula is C20H31N3O5S2. The van der Waals surface area contributed by atoms with Crippen LogP contribution in [0.3, 0.4) is 0 Å². The lowest BCUT2D eigenvalue weighted by atomic mass is 10.1. The van der Waals surface area contributed by atoms with E-state index in [1.807, 2.05) is 27.0 Å². The predicted molar refractivity (Wildman–Crippen MR) is 116 cm³/mol. The fraction of sp³-hybridized carbons (Fsp3) is 0.700. The average Bonchev–Trinajstić information content (AvgIpc) is 3.05. The molecular weight excluding hydrogens is 426 g/mol. The summed E-state index contributed by atoms with van der Waals surface area (Å²) in [4.78, 5) is 35.2. The second kappa shape index (κ2) is 11.1. The third kappa shape index (κ3) is 6.94. The van der Waals surface area contributed by atoms with E-state index in [0.717, 1.165) is 29.8 Å². The van der Waals surface area contributed by atoms with Gasteiger partial charge in [0.05, 0.1) is 11.5 Å². The highest BCUT2D eigenvalue weighted by Gasteiger charge is 2.34. The molecule has 2 heterocycles. The normalized spacial score (nSPS) is 17.7. The van der Waals surface area contributed by atoms with E-state index >= 15 is 0 Å². The molecule has 0 aromatic carbocycles. The van der Waals surface area contributed by atoms with E-state index in [0.29, 0.717) is 24.5 Å². The van der Waals surface area contributed by atoms with Gasteiger partial charge in [0, 0.05) is 30.4 Å². The second-order valence-electron chi connectivity index (χ2n) is 7.52. The molecule has 1 aromatic heterocycles. The van der Waals surface area contributed by atoms with Gasteiger partial charge in [0.15, 0.2) is 21.6 Å². The third-order valence-corrected chi connectivity index (χ3v) is 7.54. The van der Waals surface area contributed by atoms with Gasteiger partial charge in [0.2, 0.25) is 0 Å². The molecule has 1 unspecified atom stereocenters. The summed E-state index contributed by atoms with van der Waals surface area (Å²) in [5.74, 6) is -0.714. The number of esters is 1. The van der Waals surface area contributed by atoms with Gasteiger partial charge in [-0.1, -0.05) is 25.1 Å². The smallest absolute Gasteiger partial charge is 0.306 e. The Labute approximate surface area is 183 Å². The summed E-state index contributed by atoms with van der Waals surface area (Å²) in [5.41, 5.74) is 2.59. The van der Waals surface area contributed by atoms with Crippen LogP contribution in [-0.2, 0) is 30.6 Å². The number of aromatic nitrogens is 2. The molecule has 0 saturated carbocycles. The first-order valence-electron chi connectivity index (χ1n) is 10.2. The first-order chi connectivity index (χ1) is 14.2. The maximum Gasteiger partial charge on any atom is 0.306 e. The largest absolute Gasteiger partial charge is 0.456 e. The minimum atomic E-state index is -3.10. The molecule has 0 spiro atoms. The summed E-state index contributed by atoms with van der Waals surface area (Å²) in [6, 6.07) is -0.329. The molecule has 1 amide bonds. The molecule has 10 heteroatoms. The fourth-order valence-corrected chi connectivity index (χ4v) is 5.73. The van der Waals surface area contributed by atoms with Crippen LogP contribution in [0, 0.1) is 13.8 Å². The quantitative estimate of drug-likeness (QED) is 0.299. The summed E-state index contributed by atoms with van der Waals surface area (Å²) in [7, 11) is -3.10. The van der Waals surface area contributed by atoms with Crippen LogP contribution in [0.5, 0.6) is 0 Å². The van der Waals surface area contributed by atoms with E-state index < -0.39 is 15.8 Å². The molecule has 2 rings (SSSR count). The van der Waals surface area contributed by atoms with Crippen LogP contribution in [0.1, 0.15) is 49.6 Å². The van der Waals surface area contributed by atoms with Crippen molar-refractivity contribution in [2.24, 2.45) is 0 Å². The van der Waals surface area contributed by atoms with Gasteiger partial charge in [-0.3, -0.25) is 9.59 Å². The second-order valence-corrected chi connectivity index (χ2v) is 10.5. The molecule has 1 aliphatic heterocycles. The van der Waals surface area contributed by atoms with Gasteiger partial charge in [-0.2, -0.15) is 0 Å². The Morgan fingerprint density at radius 2 is 1.90 bits per heavy atom. The van der Waals surface area contributed by atoms with Gasteiger partial charge in [-0.25, -0.2) is 18.4 Å². The highest BCUT2D eigenvalue weighted by Crippen LogP contribution is 2.19. The SMILES string of the molecule is CCCCN(C(=O)COC(=O)CCc1c(C)nc(SC)nc1C)C1CCS(=O)(=O)C1. The molecule has 168 valence electrons. The molecule has 0 aliphatic carbocycles. The molecule has 1 saturated heterocycles. The number of sulfone groups is 1. The van der Waals surface area contributed by atoms with E-state index in [1.165, 1.54) is 11.8 Å². The van der Waals surface area contributed by atoms with Crippen LogP contribution in [0.2, 0.25) is 0 Å². The zero-order valence-electron chi connectivity index (χ0n) is 18.1. The maximum atomic E-state index is 12.6. The van der Waals surface area contributed by atoms with Crippen molar-refractivity contribution in [3.63, 3.8) is 0 Å². The summed E-state index contributed by atoms with van der Waals surface area (Å²) in [6.45, 7) is 5.90. The van der Waals surface area contributed by atoms with Crippen molar-refractivity contribution in [2.75, 3.05) is 30.9 Å². The first-order valence-corrected chi connectivity index (χ1v) is 13.2. The third-order valence-electron chi connectivity index (χ3n) is 5.24. The van der Waals surface area contributed by atoms with E-state index in [9.17, 15) is 18.0 Å². The van der Waals surface area contributed by atoms with Crippen molar-refractivity contribution >= 4 is 33.5 Å². The Balaban J connectivity index is 1.90. The molecule has 1 atom stereocenters. The summed E-state index contributed by atoms with van der Waals surface area (Å²) < 4.78 is 28.8. The molecule has 1 fully saturated rings. The van der Waals surface area contributed by atoms with Crippen LogP contribution in [0.25, 0.3) is 0 Å². The van der Waals surface area contributed by atoms with Crippen molar-refractivity contribution in [3.05, 3.63) is 17.0 Å². The zero-order chi connectivity index (χ0) is 22.3.